The van der Waals surface area contributed by atoms with Crippen molar-refractivity contribution in [2.45, 2.75) is 32.7 Å². The fraction of sp³-hybridized carbons (Fsp3) is 0.889. The first-order valence-electron chi connectivity index (χ1n) is 4.59. The molecule has 0 aromatic heterocycles. The molecule has 1 saturated heterocycles. The molecule has 0 bridgehead atoms. The third-order valence-corrected chi connectivity index (χ3v) is 2.49. The minimum absolute atomic E-state index is 0.263. The number of rotatable bonds is 4. The molecule has 1 N–H and O–H groups in total. The van der Waals surface area contributed by atoms with Crippen LogP contribution >= 0.6 is 0 Å². The Bertz CT molecular complexity index is 164. The molecule has 1 heterocycles. The Morgan fingerprint density at radius 1 is 1.67 bits per heavy atom. The van der Waals surface area contributed by atoms with Crippen molar-refractivity contribution in [3.8, 4) is 0 Å². The lowest BCUT2D eigenvalue weighted by Gasteiger charge is -2.42. The van der Waals surface area contributed by atoms with Gasteiger partial charge < -0.3 is 5.11 Å². The number of likely N-dealkylation sites (tertiary alicyclic amines) is 1. The standard InChI is InChI=1S/C9H17NO2/c1-3-8(4-9(11)12)10-5-7(2)6-10/h7-8H,3-6H2,1-2H3,(H,11,12). The van der Waals surface area contributed by atoms with Crippen LogP contribution in [-0.4, -0.2) is 35.1 Å². The van der Waals surface area contributed by atoms with Crippen molar-refractivity contribution >= 4 is 5.97 Å². The van der Waals surface area contributed by atoms with Gasteiger partial charge in [-0.3, -0.25) is 9.69 Å². The van der Waals surface area contributed by atoms with Crippen molar-refractivity contribution in [2.24, 2.45) is 5.92 Å². The maximum Gasteiger partial charge on any atom is 0.304 e. The molecule has 1 unspecified atom stereocenters. The van der Waals surface area contributed by atoms with Crippen molar-refractivity contribution in [1.82, 2.24) is 4.90 Å². The van der Waals surface area contributed by atoms with Gasteiger partial charge in [0.1, 0.15) is 0 Å². The van der Waals surface area contributed by atoms with Crippen LogP contribution in [0.5, 0.6) is 0 Å². The molecule has 0 saturated carbocycles. The zero-order valence-corrected chi connectivity index (χ0v) is 7.79. The monoisotopic (exact) mass is 171 g/mol. The van der Waals surface area contributed by atoms with Gasteiger partial charge in [-0.15, -0.1) is 0 Å². The largest absolute Gasteiger partial charge is 0.481 e. The van der Waals surface area contributed by atoms with E-state index in [1.165, 1.54) is 0 Å². The summed E-state index contributed by atoms with van der Waals surface area (Å²) in [5.41, 5.74) is 0. The molecule has 0 aromatic carbocycles. The number of carbonyl (C=O) groups is 1. The van der Waals surface area contributed by atoms with E-state index in [1.54, 1.807) is 0 Å². The Morgan fingerprint density at radius 2 is 2.25 bits per heavy atom. The molecule has 3 heteroatoms. The lowest BCUT2D eigenvalue weighted by molar-refractivity contribution is -0.139. The molecule has 0 aromatic rings. The molecule has 0 aliphatic carbocycles. The Balaban J connectivity index is 2.30. The molecule has 1 aliphatic rings. The van der Waals surface area contributed by atoms with Crippen molar-refractivity contribution in [2.75, 3.05) is 13.1 Å². The zero-order chi connectivity index (χ0) is 9.14. The number of carboxylic acids is 1. The maximum atomic E-state index is 10.5. The van der Waals surface area contributed by atoms with E-state index >= 15 is 0 Å². The molecule has 70 valence electrons. The molecule has 0 radical (unpaired) electrons. The molecule has 1 rings (SSSR count). The van der Waals surface area contributed by atoms with E-state index in [2.05, 4.69) is 18.7 Å². The molecule has 1 aliphatic heterocycles. The summed E-state index contributed by atoms with van der Waals surface area (Å²) in [6.45, 7) is 6.40. The fourth-order valence-corrected chi connectivity index (χ4v) is 1.78. The second-order valence-electron chi connectivity index (χ2n) is 3.72. The van der Waals surface area contributed by atoms with Crippen LogP contribution in [0.3, 0.4) is 0 Å². The average Bonchev–Trinajstić information content (AvgIpc) is 1.94. The highest BCUT2D eigenvalue weighted by Gasteiger charge is 2.29. The van der Waals surface area contributed by atoms with Crippen molar-refractivity contribution in [3.05, 3.63) is 0 Å². The number of aliphatic carboxylic acids is 1. The molecule has 1 atom stereocenters. The maximum absolute atomic E-state index is 10.5. The van der Waals surface area contributed by atoms with Gasteiger partial charge in [0.25, 0.3) is 0 Å². The van der Waals surface area contributed by atoms with Crippen LogP contribution in [-0.2, 0) is 4.79 Å². The highest BCUT2D eigenvalue weighted by atomic mass is 16.4. The third-order valence-electron chi connectivity index (χ3n) is 2.49. The lowest BCUT2D eigenvalue weighted by Crippen LogP contribution is -2.51. The summed E-state index contributed by atoms with van der Waals surface area (Å²) in [6.07, 6.45) is 1.24. The summed E-state index contributed by atoms with van der Waals surface area (Å²) in [7, 11) is 0. The zero-order valence-electron chi connectivity index (χ0n) is 7.79. The van der Waals surface area contributed by atoms with Gasteiger partial charge in [0.15, 0.2) is 0 Å². The predicted molar refractivity (Wildman–Crippen MR) is 47.1 cm³/mol. The van der Waals surface area contributed by atoms with E-state index in [9.17, 15) is 4.79 Å². The topological polar surface area (TPSA) is 40.5 Å². The highest BCUT2D eigenvalue weighted by molar-refractivity contribution is 5.67. The van der Waals surface area contributed by atoms with Gasteiger partial charge in [-0.05, 0) is 12.3 Å². The van der Waals surface area contributed by atoms with E-state index < -0.39 is 5.97 Å². The molecular formula is C9H17NO2. The van der Waals surface area contributed by atoms with Crippen LogP contribution in [0, 0.1) is 5.92 Å². The van der Waals surface area contributed by atoms with Gasteiger partial charge >= 0.3 is 5.97 Å². The third kappa shape index (κ3) is 2.21. The summed E-state index contributed by atoms with van der Waals surface area (Å²) in [5.74, 6) is 0.0780. The van der Waals surface area contributed by atoms with Crippen LogP contribution in [0.1, 0.15) is 26.7 Å². The van der Waals surface area contributed by atoms with Gasteiger partial charge in [0, 0.05) is 19.1 Å². The summed E-state index contributed by atoms with van der Waals surface area (Å²) >= 11 is 0. The normalized spacial score (nSPS) is 21.8. The van der Waals surface area contributed by atoms with Crippen LogP contribution in [0.25, 0.3) is 0 Å². The second-order valence-corrected chi connectivity index (χ2v) is 3.72. The van der Waals surface area contributed by atoms with Crippen LogP contribution in [0.2, 0.25) is 0 Å². The van der Waals surface area contributed by atoms with Crippen LogP contribution < -0.4 is 0 Å². The minimum Gasteiger partial charge on any atom is -0.481 e. The first-order chi connectivity index (χ1) is 5.63. The SMILES string of the molecule is CCC(CC(=O)O)N1CC(C)C1. The average molecular weight is 171 g/mol. The number of hydrogen-bond acceptors (Lipinski definition) is 2. The Morgan fingerprint density at radius 3 is 2.58 bits per heavy atom. The number of nitrogens with zero attached hydrogens (tertiary/aromatic N) is 1. The molecule has 0 amide bonds. The van der Waals surface area contributed by atoms with E-state index in [0.717, 1.165) is 25.4 Å². The summed E-state index contributed by atoms with van der Waals surface area (Å²) < 4.78 is 0. The number of carboxylic acid groups (broad SMARTS) is 1. The van der Waals surface area contributed by atoms with Crippen molar-refractivity contribution in [1.29, 1.82) is 0 Å². The van der Waals surface area contributed by atoms with Gasteiger partial charge in [-0.2, -0.15) is 0 Å². The van der Waals surface area contributed by atoms with Gasteiger partial charge in [0.05, 0.1) is 6.42 Å². The minimum atomic E-state index is -0.679. The summed E-state index contributed by atoms with van der Waals surface area (Å²) in [4.78, 5) is 12.7. The van der Waals surface area contributed by atoms with Crippen LogP contribution in [0.15, 0.2) is 0 Å². The van der Waals surface area contributed by atoms with Crippen LogP contribution in [0.4, 0.5) is 0 Å². The second kappa shape index (κ2) is 3.90. The number of hydrogen-bond donors (Lipinski definition) is 1. The molecule has 12 heavy (non-hydrogen) atoms. The van der Waals surface area contributed by atoms with E-state index in [1.807, 2.05) is 0 Å². The Labute approximate surface area is 73.4 Å². The first-order valence-corrected chi connectivity index (χ1v) is 4.59. The Hall–Kier alpha value is -0.570. The smallest absolute Gasteiger partial charge is 0.304 e. The predicted octanol–water partition coefficient (Wildman–Crippen LogP) is 1.19. The Kier molecular flexibility index (Phi) is 3.09. The highest BCUT2D eigenvalue weighted by Crippen LogP contribution is 2.21. The fourth-order valence-electron chi connectivity index (χ4n) is 1.78. The molecule has 1 fully saturated rings. The van der Waals surface area contributed by atoms with Gasteiger partial charge in [0.2, 0.25) is 0 Å². The quantitative estimate of drug-likeness (QED) is 0.690. The molecular weight excluding hydrogens is 154 g/mol. The summed E-state index contributed by atoms with van der Waals surface area (Å²) in [5, 5.41) is 8.62. The van der Waals surface area contributed by atoms with Gasteiger partial charge in [-0.1, -0.05) is 13.8 Å². The van der Waals surface area contributed by atoms with Crippen molar-refractivity contribution < 1.29 is 9.90 Å². The molecule has 0 spiro atoms. The van der Waals surface area contributed by atoms with Gasteiger partial charge in [-0.25, -0.2) is 0 Å². The summed E-state index contributed by atoms with van der Waals surface area (Å²) in [6, 6.07) is 0.263. The lowest BCUT2D eigenvalue weighted by atomic mass is 9.97. The van der Waals surface area contributed by atoms with E-state index in [-0.39, 0.29) is 6.04 Å². The van der Waals surface area contributed by atoms with E-state index in [4.69, 9.17) is 5.11 Å². The van der Waals surface area contributed by atoms with E-state index in [0.29, 0.717) is 6.42 Å². The van der Waals surface area contributed by atoms with Crippen molar-refractivity contribution in [3.63, 3.8) is 0 Å². The molecule has 3 nitrogen and oxygen atoms in total. The first kappa shape index (κ1) is 9.52.